The first-order chi connectivity index (χ1) is 12.2. The lowest BCUT2D eigenvalue weighted by Gasteiger charge is -2.21. The van der Waals surface area contributed by atoms with Crippen LogP contribution in [0.5, 0.6) is 0 Å². The third kappa shape index (κ3) is 3.62. The van der Waals surface area contributed by atoms with Gasteiger partial charge in [-0.2, -0.15) is 0 Å². The minimum absolute atomic E-state index is 0.550. The maximum Gasteiger partial charge on any atom is 0.313 e. The van der Waals surface area contributed by atoms with Gasteiger partial charge < -0.3 is 15.5 Å². The monoisotopic (exact) mass is 342 g/mol. The van der Waals surface area contributed by atoms with E-state index in [9.17, 15) is 9.59 Å². The first kappa shape index (κ1) is 16.4. The summed E-state index contributed by atoms with van der Waals surface area (Å²) in [6, 6.07) is 3.70. The Morgan fingerprint density at radius 2 is 1.96 bits per heavy atom. The molecule has 1 aliphatic heterocycles. The summed E-state index contributed by atoms with van der Waals surface area (Å²) in [5, 5.41) is 5.44. The Bertz CT molecular complexity index is 639. The molecule has 2 aliphatic carbocycles. The lowest BCUT2D eigenvalue weighted by atomic mass is 9.89. The van der Waals surface area contributed by atoms with Crippen LogP contribution in [-0.4, -0.2) is 36.4 Å². The zero-order valence-electron chi connectivity index (χ0n) is 14.5. The topological polar surface area (TPSA) is 74.3 Å². The van der Waals surface area contributed by atoms with Gasteiger partial charge in [0.05, 0.1) is 11.9 Å². The Morgan fingerprint density at radius 1 is 1.12 bits per heavy atom. The highest BCUT2D eigenvalue weighted by molar-refractivity contribution is 6.39. The smallest absolute Gasteiger partial charge is 0.313 e. The van der Waals surface area contributed by atoms with Crippen molar-refractivity contribution in [1.29, 1.82) is 0 Å². The van der Waals surface area contributed by atoms with Crippen molar-refractivity contribution >= 4 is 23.3 Å². The molecule has 3 unspecified atom stereocenters. The lowest BCUT2D eigenvalue weighted by Crippen LogP contribution is -2.39. The molecule has 0 radical (unpaired) electrons. The molecule has 1 saturated heterocycles. The largest absolute Gasteiger partial charge is 0.357 e. The molecular formula is C19H26N4O2. The normalized spacial score (nSPS) is 27.5. The fraction of sp³-hybridized carbons (Fsp3) is 0.632. The highest BCUT2D eigenvalue weighted by atomic mass is 16.2. The van der Waals surface area contributed by atoms with E-state index in [2.05, 4.69) is 20.5 Å². The molecule has 0 aromatic carbocycles. The van der Waals surface area contributed by atoms with Crippen molar-refractivity contribution in [2.24, 2.45) is 17.8 Å². The number of pyridine rings is 1. The molecule has 1 aromatic heterocycles. The number of carbonyl (C=O) groups excluding carboxylic acids is 2. The maximum atomic E-state index is 12.1. The number of rotatable bonds is 4. The fourth-order valence-electron chi connectivity index (χ4n) is 4.71. The summed E-state index contributed by atoms with van der Waals surface area (Å²) in [6.45, 7) is 2.69. The number of anilines is 2. The Morgan fingerprint density at radius 3 is 2.60 bits per heavy atom. The van der Waals surface area contributed by atoms with Crippen molar-refractivity contribution in [3.63, 3.8) is 0 Å². The summed E-state index contributed by atoms with van der Waals surface area (Å²) >= 11 is 0. The predicted molar refractivity (Wildman–Crippen MR) is 96.3 cm³/mol. The van der Waals surface area contributed by atoms with E-state index >= 15 is 0 Å². The molecule has 2 saturated carbocycles. The van der Waals surface area contributed by atoms with E-state index in [-0.39, 0.29) is 0 Å². The van der Waals surface area contributed by atoms with Gasteiger partial charge in [0.15, 0.2) is 0 Å². The van der Waals surface area contributed by atoms with Gasteiger partial charge >= 0.3 is 11.8 Å². The van der Waals surface area contributed by atoms with Crippen molar-refractivity contribution < 1.29 is 9.59 Å². The summed E-state index contributed by atoms with van der Waals surface area (Å²) in [5.74, 6) is 1.91. The quantitative estimate of drug-likeness (QED) is 0.823. The van der Waals surface area contributed by atoms with Crippen molar-refractivity contribution in [1.82, 2.24) is 10.3 Å². The van der Waals surface area contributed by atoms with Crippen molar-refractivity contribution in [3.8, 4) is 0 Å². The van der Waals surface area contributed by atoms with E-state index in [1.54, 1.807) is 6.20 Å². The summed E-state index contributed by atoms with van der Waals surface area (Å²) in [5.41, 5.74) is 0.558. The number of amides is 2. The number of aromatic nitrogens is 1. The molecule has 1 aromatic rings. The Hall–Kier alpha value is -2.11. The third-order valence-corrected chi connectivity index (χ3v) is 6.05. The second kappa shape index (κ2) is 7.02. The fourth-order valence-corrected chi connectivity index (χ4v) is 4.71. The molecule has 4 rings (SSSR count). The molecule has 2 N–H and O–H groups in total. The Kier molecular flexibility index (Phi) is 4.59. The molecule has 3 atom stereocenters. The molecule has 2 amide bonds. The van der Waals surface area contributed by atoms with E-state index < -0.39 is 11.8 Å². The third-order valence-electron chi connectivity index (χ3n) is 6.05. The summed E-state index contributed by atoms with van der Waals surface area (Å²) in [7, 11) is 0. The highest BCUT2D eigenvalue weighted by Gasteiger charge is 2.39. The molecule has 3 aliphatic rings. The second-order valence-corrected chi connectivity index (χ2v) is 7.70. The maximum absolute atomic E-state index is 12.1. The molecule has 3 fully saturated rings. The van der Waals surface area contributed by atoms with Gasteiger partial charge in [-0.3, -0.25) is 9.59 Å². The van der Waals surface area contributed by atoms with E-state index in [1.807, 2.05) is 12.1 Å². The summed E-state index contributed by atoms with van der Waals surface area (Å²) in [6.07, 6.45) is 9.15. The predicted octanol–water partition coefficient (Wildman–Crippen LogP) is 2.17. The van der Waals surface area contributed by atoms with Crippen LogP contribution in [0.3, 0.4) is 0 Å². The zero-order chi connectivity index (χ0) is 17.2. The molecule has 6 heteroatoms. The lowest BCUT2D eigenvalue weighted by molar-refractivity contribution is -0.136. The van der Waals surface area contributed by atoms with Crippen molar-refractivity contribution in [3.05, 3.63) is 18.3 Å². The molecule has 134 valence electrons. The Labute approximate surface area is 148 Å². The number of hydrogen-bond donors (Lipinski definition) is 2. The van der Waals surface area contributed by atoms with Crippen molar-refractivity contribution in [2.75, 3.05) is 29.9 Å². The molecule has 6 nitrogen and oxygen atoms in total. The zero-order valence-corrected chi connectivity index (χ0v) is 14.5. The number of hydrogen-bond acceptors (Lipinski definition) is 4. The Balaban J connectivity index is 1.25. The van der Waals surface area contributed by atoms with Crippen LogP contribution in [-0.2, 0) is 9.59 Å². The summed E-state index contributed by atoms with van der Waals surface area (Å²) in [4.78, 5) is 30.7. The van der Waals surface area contributed by atoms with E-state index in [0.717, 1.165) is 30.7 Å². The van der Waals surface area contributed by atoms with Crippen LogP contribution >= 0.6 is 0 Å². The average molecular weight is 342 g/mol. The summed E-state index contributed by atoms with van der Waals surface area (Å²) < 4.78 is 0. The van der Waals surface area contributed by atoms with Gasteiger partial charge in [-0.05, 0) is 62.0 Å². The molecule has 0 spiro atoms. The van der Waals surface area contributed by atoms with Gasteiger partial charge in [0, 0.05) is 19.6 Å². The van der Waals surface area contributed by atoms with Crippen molar-refractivity contribution in [2.45, 2.75) is 38.5 Å². The van der Waals surface area contributed by atoms with Crippen LogP contribution in [0.25, 0.3) is 0 Å². The molecule has 2 bridgehead atoms. The van der Waals surface area contributed by atoms with Gasteiger partial charge in [-0.25, -0.2) is 4.98 Å². The number of carbonyl (C=O) groups is 2. The first-order valence-electron chi connectivity index (χ1n) is 9.49. The van der Waals surface area contributed by atoms with Crippen LogP contribution in [0.15, 0.2) is 18.3 Å². The molecule has 2 heterocycles. The SMILES string of the molecule is O=C(NCC1CC2CCC1C2)C(=O)Nc1ccc(N2CCCC2)nc1. The minimum Gasteiger partial charge on any atom is -0.357 e. The van der Waals surface area contributed by atoms with Gasteiger partial charge in [-0.1, -0.05) is 6.42 Å². The molecule has 25 heavy (non-hydrogen) atoms. The second-order valence-electron chi connectivity index (χ2n) is 7.70. The minimum atomic E-state index is -0.612. The van der Waals surface area contributed by atoms with Crippen LogP contribution in [0.1, 0.15) is 38.5 Å². The van der Waals surface area contributed by atoms with Crippen LogP contribution in [0, 0.1) is 17.8 Å². The van der Waals surface area contributed by atoms with Crippen LogP contribution in [0.4, 0.5) is 11.5 Å². The van der Waals surface area contributed by atoms with Gasteiger partial charge in [-0.15, -0.1) is 0 Å². The molecular weight excluding hydrogens is 316 g/mol. The average Bonchev–Trinajstić information content (AvgIpc) is 3.37. The highest BCUT2D eigenvalue weighted by Crippen LogP contribution is 2.47. The first-order valence-corrected chi connectivity index (χ1v) is 9.49. The van der Waals surface area contributed by atoms with Gasteiger partial charge in [0.1, 0.15) is 5.82 Å². The van der Waals surface area contributed by atoms with Crippen LogP contribution in [0.2, 0.25) is 0 Å². The number of nitrogens with zero attached hydrogens (tertiary/aromatic N) is 2. The number of nitrogens with one attached hydrogen (secondary N) is 2. The van der Waals surface area contributed by atoms with Crippen LogP contribution < -0.4 is 15.5 Å². The van der Waals surface area contributed by atoms with E-state index in [1.165, 1.54) is 38.5 Å². The van der Waals surface area contributed by atoms with E-state index in [4.69, 9.17) is 0 Å². The van der Waals surface area contributed by atoms with Gasteiger partial charge in [0.25, 0.3) is 0 Å². The number of fused-ring (bicyclic) bond motifs is 2. The standard InChI is InChI=1S/C19H26N4O2/c24-18(21-11-15-10-13-3-4-14(15)9-13)19(25)22-16-5-6-17(20-12-16)23-7-1-2-8-23/h5-6,12-15H,1-4,7-11H2,(H,21,24)(H,22,25). The van der Waals surface area contributed by atoms with E-state index in [0.29, 0.717) is 18.2 Å². The van der Waals surface area contributed by atoms with Gasteiger partial charge in [0.2, 0.25) is 0 Å².